The summed E-state index contributed by atoms with van der Waals surface area (Å²) in [5, 5.41) is 14.2. The summed E-state index contributed by atoms with van der Waals surface area (Å²) in [6.45, 7) is 7.54. The van der Waals surface area contributed by atoms with Crippen LogP contribution in [0.25, 0.3) is 22.3 Å². The topological polar surface area (TPSA) is 103 Å². The quantitative estimate of drug-likeness (QED) is 0.333. The molecule has 1 aromatic heterocycles. The molecular formula is C29H29N3O5. The maximum atomic E-state index is 13.6. The second kappa shape index (κ2) is 10.7. The van der Waals surface area contributed by atoms with Gasteiger partial charge < -0.3 is 14.6 Å². The number of fused-ring (bicyclic) bond motifs is 1. The number of aryl methyl sites for hydroxylation is 1. The van der Waals surface area contributed by atoms with Crippen LogP contribution in [-0.4, -0.2) is 40.2 Å². The molecule has 0 unspecified atom stereocenters. The van der Waals surface area contributed by atoms with Gasteiger partial charge in [0.2, 0.25) is 0 Å². The Morgan fingerprint density at radius 2 is 1.76 bits per heavy atom. The van der Waals surface area contributed by atoms with Crippen molar-refractivity contribution in [2.45, 2.75) is 39.7 Å². The Hall–Kier alpha value is -4.46. The second-order valence-corrected chi connectivity index (χ2v) is 9.01. The molecule has 0 radical (unpaired) electrons. The molecule has 0 amide bonds. The number of hydrogen-bond donors (Lipinski definition) is 1. The number of carboxylic acid groups (broad SMARTS) is 1. The lowest BCUT2D eigenvalue weighted by molar-refractivity contribution is -0.144. The SMILES string of the molecule is COc1cc(C)c(-c2nc3ccccc3c(=O)n2N=Cc2ccccc2O[C@@H](C)C(=O)O)cc1C(C)C. The lowest BCUT2D eigenvalue weighted by atomic mass is 9.96. The lowest BCUT2D eigenvalue weighted by Crippen LogP contribution is -2.23. The molecule has 190 valence electrons. The van der Waals surface area contributed by atoms with E-state index in [1.807, 2.05) is 25.1 Å². The molecule has 1 atom stereocenters. The molecule has 0 aliphatic heterocycles. The highest BCUT2D eigenvalue weighted by atomic mass is 16.5. The Morgan fingerprint density at radius 1 is 1.05 bits per heavy atom. The van der Waals surface area contributed by atoms with Gasteiger partial charge in [0, 0.05) is 11.1 Å². The zero-order valence-corrected chi connectivity index (χ0v) is 21.4. The fourth-order valence-electron chi connectivity index (χ4n) is 4.03. The van der Waals surface area contributed by atoms with Crippen LogP contribution in [0.3, 0.4) is 0 Å². The first-order chi connectivity index (χ1) is 17.7. The third-order valence-electron chi connectivity index (χ3n) is 6.08. The summed E-state index contributed by atoms with van der Waals surface area (Å²) in [7, 11) is 1.64. The summed E-state index contributed by atoms with van der Waals surface area (Å²) in [6.07, 6.45) is 0.430. The van der Waals surface area contributed by atoms with Crippen molar-refractivity contribution in [1.29, 1.82) is 0 Å². The van der Waals surface area contributed by atoms with Crippen molar-refractivity contribution in [2.75, 3.05) is 7.11 Å². The summed E-state index contributed by atoms with van der Waals surface area (Å²) in [5.74, 6) is 0.596. The van der Waals surface area contributed by atoms with Crippen molar-refractivity contribution in [3.8, 4) is 22.9 Å². The van der Waals surface area contributed by atoms with Gasteiger partial charge >= 0.3 is 5.97 Å². The van der Waals surface area contributed by atoms with Gasteiger partial charge in [-0.15, -0.1) is 0 Å². The van der Waals surface area contributed by atoms with Gasteiger partial charge in [0.05, 0.1) is 24.2 Å². The molecule has 0 bridgehead atoms. The maximum absolute atomic E-state index is 13.6. The van der Waals surface area contributed by atoms with E-state index in [2.05, 4.69) is 18.9 Å². The Morgan fingerprint density at radius 3 is 2.46 bits per heavy atom. The standard InChI is InChI=1S/C29H29N3O5/c1-17(2)22-15-23(18(3)14-26(22)36-5)27-31-24-12-8-7-11-21(24)28(33)32(27)30-16-20-10-6-9-13-25(20)37-19(4)29(34)35/h6-17,19H,1-5H3,(H,34,35)/t19-/m0/s1. The first-order valence-corrected chi connectivity index (χ1v) is 11.9. The molecule has 37 heavy (non-hydrogen) atoms. The van der Waals surface area contributed by atoms with Crippen molar-refractivity contribution in [3.63, 3.8) is 0 Å². The number of nitrogens with zero attached hydrogens (tertiary/aromatic N) is 3. The molecule has 0 aliphatic carbocycles. The van der Waals surface area contributed by atoms with Crippen LogP contribution in [0.2, 0.25) is 0 Å². The van der Waals surface area contributed by atoms with Crippen molar-refractivity contribution < 1.29 is 19.4 Å². The largest absolute Gasteiger partial charge is 0.496 e. The zero-order valence-electron chi connectivity index (χ0n) is 21.4. The van der Waals surface area contributed by atoms with E-state index in [1.165, 1.54) is 17.8 Å². The summed E-state index contributed by atoms with van der Waals surface area (Å²) >= 11 is 0. The predicted molar refractivity (Wildman–Crippen MR) is 144 cm³/mol. The van der Waals surface area contributed by atoms with Crippen LogP contribution in [0.15, 0.2) is 70.6 Å². The smallest absolute Gasteiger partial charge is 0.344 e. The van der Waals surface area contributed by atoms with Crippen LogP contribution >= 0.6 is 0 Å². The van der Waals surface area contributed by atoms with Crippen LogP contribution in [0.4, 0.5) is 0 Å². The van der Waals surface area contributed by atoms with Crippen molar-refractivity contribution in [3.05, 3.63) is 87.7 Å². The molecule has 3 aromatic carbocycles. The lowest BCUT2D eigenvalue weighted by Gasteiger charge is -2.17. The number of carboxylic acids is 1. The van der Waals surface area contributed by atoms with Crippen molar-refractivity contribution >= 4 is 23.1 Å². The van der Waals surface area contributed by atoms with Gasteiger partial charge in [-0.05, 0) is 67.3 Å². The van der Waals surface area contributed by atoms with E-state index in [1.54, 1.807) is 49.6 Å². The predicted octanol–water partition coefficient (Wildman–Crippen LogP) is 5.24. The van der Waals surface area contributed by atoms with Gasteiger partial charge in [0.1, 0.15) is 11.5 Å². The molecule has 8 heteroatoms. The van der Waals surface area contributed by atoms with Gasteiger partial charge in [0.15, 0.2) is 11.9 Å². The van der Waals surface area contributed by atoms with Crippen LogP contribution in [0.5, 0.6) is 11.5 Å². The molecule has 1 N–H and O–H groups in total. The van der Waals surface area contributed by atoms with Gasteiger partial charge in [-0.3, -0.25) is 4.79 Å². The third-order valence-corrected chi connectivity index (χ3v) is 6.08. The second-order valence-electron chi connectivity index (χ2n) is 9.01. The minimum atomic E-state index is -1.08. The Bertz CT molecular complexity index is 1560. The van der Waals surface area contributed by atoms with E-state index >= 15 is 0 Å². The number of para-hydroxylation sites is 2. The van der Waals surface area contributed by atoms with Gasteiger partial charge in [-0.2, -0.15) is 9.78 Å². The summed E-state index contributed by atoms with van der Waals surface area (Å²) in [4.78, 5) is 29.8. The van der Waals surface area contributed by atoms with E-state index in [0.29, 0.717) is 28.0 Å². The van der Waals surface area contributed by atoms with Crippen LogP contribution in [-0.2, 0) is 4.79 Å². The molecule has 0 spiro atoms. The molecule has 8 nitrogen and oxygen atoms in total. The third kappa shape index (κ3) is 5.23. The molecule has 0 aliphatic rings. The monoisotopic (exact) mass is 499 g/mol. The van der Waals surface area contributed by atoms with Gasteiger partial charge in [0.25, 0.3) is 5.56 Å². The van der Waals surface area contributed by atoms with E-state index in [9.17, 15) is 14.7 Å². The normalized spacial score (nSPS) is 12.3. The Kier molecular flexibility index (Phi) is 7.38. The highest BCUT2D eigenvalue weighted by molar-refractivity contribution is 5.85. The molecular weight excluding hydrogens is 470 g/mol. The van der Waals surface area contributed by atoms with Gasteiger partial charge in [-0.25, -0.2) is 9.78 Å². The number of hydrogen-bond acceptors (Lipinski definition) is 6. The number of benzene rings is 3. The van der Waals surface area contributed by atoms with Crippen LogP contribution in [0, 0.1) is 6.92 Å². The average Bonchev–Trinajstić information content (AvgIpc) is 2.88. The molecule has 4 aromatic rings. The van der Waals surface area contributed by atoms with Crippen LogP contribution in [0.1, 0.15) is 43.4 Å². The van der Waals surface area contributed by atoms with E-state index in [-0.39, 0.29) is 11.5 Å². The number of rotatable bonds is 8. The highest BCUT2D eigenvalue weighted by Gasteiger charge is 2.19. The summed E-state index contributed by atoms with van der Waals surface area (Å²) in [6, 6.07) is 18.0. The van der Waals surface area contributed by atoms with Crippen LogP contribution < -0.4 is 15.0 Å². The van der Waals surface area contributed by atoms with Crippen molar-refractivity contribution in [2.24, 2.45) is 5.10 Å². The Labute approximate surface area is 214 Å². The molecule has 0 saturated carbocycles. The fraction of sp³-hybridized carbons (Fsp3) is 0.241. The molecule has 4 rings (SSSR count). The van der Waals surface area contributed by atoms with Crippen molar-refractivity contribution in [1.82, 2.24) is 9.66 Å². The molecule has 1 heterocycles. The molecule has 0 fully saturated rings. The summed E-state index contributed by atoms with van der Waals surface area (Å²) in [5.41, 5.74) is 3.39. The minimum absolute atomic E-state index is 0.179. The van der Waals surface area contributed by atoms with E-state index < -0.39 is 12.1 Å². The Balaban J connectivity index is 1.93. The number of carbonyl (C=O) groups is 1. The first kappa shape index (κ1) is 25.6. The first-order valence-electron chi connectivity index (χ1n) is 11.9. The summed E-state index contributed by atoms with van der Waals surface area (Å²) < 4.78 is 12.5. The van der Waals surface area contributed by atoms with E-state index in [0.717, 1.165) is 22.4 Å². The zero-order chi connectivity index (χ0) is 26.7. The molecule has 0 saturated heterocycles. The number of aromatic nitrogens is 2. The number of aliphatic carboxylic acids is 1. The fourth-order valence-corrected chi connectivity index (χ4v) is 4.03. The number of ether oxygens (including phenoxy) is 2. The minimum Gasteiger partial charge on any atom is -0.496 e. The maximum Gasteiger partial charge on any atom is 0.344 e. The highest BCUT2D eigenvalue weighted by Crippen LogP contribution is 2.34. The van der Waals surface area contributed by atoms with E-state index in [4.69, 9.17) is 14.5 Å². The average molecular weight is 500 g/mol. The van der Waals surface area contributed by atoms with Gasteiger partial charge in [-0.1, -0.05) is 38.1 Å². The number of methoxy groups -OCH3 is 1.